The van der Waals surface area contributed by atoms with Crippen LogP contribution in [-0.2, 0) is 0 Å². The van der Waals surface area contributed by atoms with Gasteiger partial charge in [-0.2, -0.15) is 0 Å². The maximum Gasteiger partial charge on any atom is 0.124 e. The molecule has 0 amide bonds. The van der Waals surface area contributed by atoms with Crippen LogP contribution in [0.2, 0.25) is 0 Å². The van der Waals surface area contributed by atoms with Crippen molar-refractivity contribution in [2.45, 2.75) is 32.2 Å². The molecule has 3 rings (SSSR count). The minimum Gasteiger partial charge on any atom is -0.493 e. The van der Waals surface area contributed by atoms with Crippen LogP contribution in [0.5, 0.6) is 5.75 Å². The van der Waals surface area contributed by atoms with Gasteiger partial charge in [-0.15, -0.1) is 0 Å². The Morgan fingerprint density at radius 3 is 3.06 bits per heavy atom. The largest absolute Gasteiger partial charge is 0.493 e. The second-order valence-corrected chi connectivity index (χ2v) is 6.48. The highest BCUT2D eigenvalue weighted by atomic mass is 79.9. The first-order chi connectivity index (χ1) is 8.16. The average Bonchev–Trinajstić information content (AvgIpc) is 3.05. The van der Waals surface area contributed by atoms with Gasteiger partial charge in [-0.25, -0.2) is 0 Å². The first-order valence-electron chi connectivity index (χ1n) is 6.32. The number of hydrogen-bond donors (Lipinski definition) is 1. The van der Waals surface area contributed by atoms with Gasteiger partial charge < -0.3 is 10.1 Å². The van der Waals surface area contributed by atoms with Gasteiger partial charge in [-0.1, -0.05) is 22.9 Å². The molecule has 2 aliphatic rings. The van der Waals surface area contributed by atoms with Crippen LogP contribution in [0.3, 0.4) is 0 Å². The Labute approximate surface area is 111 Å². The number of rotatable bonds is 3. The summed E-state index contributed by atoms with van der Waals surface area (Å²) in [7, 11) is 0. The van der Waals surface area contributed by atoms with Gasteiger partial charge in [0.2, 0.25) is 0 Å². The highest BCUT2D eigenvalue weighted by Gasteiger charge is 2.37. The monoisotopic (exact) mass is 295 g/mol. The Morgan fingerprint density at radius 1 is 1.47 bits per heavy atom. The molecule has 1 fully saturated rings. The van der Waals surface area contributed by atoms with E-state index in [2.05, 4.69) is 40.3 Å². The lowest BCUT2D eigenvalue weighted by molar-refractivity contribution is 0.248. The van der Waals surface area contributed by atoms with Crippen LogP contribution in [-0.4, -0.2) is 13.2 Å². The fourth-order valence-electron chi connectivity index (χ4n) is 2.34. The van der Waals surface area contributed by atoms with Crippen molar-refractivity contribution in [1.82, 2.24) is 5.32 Å². The zero-order chi connectivity index (χ0) is 11.9. The Morgan fingerprint density at radius 2 is 2.29 bits per heavy atom. The summed E-state index contributed by atoms with van der Waals surface area (Å²) in [5, 5.41) is 3.71. The number of ether oxygens (including phenoxy) is 1. The molecule has 17 heavy (non-hydrogen) atoms. The van der Waals surface area contributed by atoms with Gasteiger partial charge in [0.15, 0.2) is 0 Å². The summed E-state index contributed by atoms with van der Waals surface area (Å²) in [6, 6.07) is 6.74. The van der Waals surface area contributed by atoms with Crippen LogP contribution in [0.25, 0.3) is 0 Å². The highest BCUT2D eigenvalue weighted by molar-refractivity contribution is 9.10. The molecular formula is C14H18BrNO. The van der Waals surface area contributed by atoms with Crippen LogP contribution >= 0.6 is 15.9 Å². The van der Waals surface area contributed by atoms with Gasteiger partial charge in [0.05, 0.1) is 6.61 Å². The van der Waals surface area contributed by atoms with E-state index in [1.54, 1.807) is 0 Å². The Bertz CT molecular complexity index is 428. The molecule has 1 aromatic rings. The van der Waals surface area contributed by atoms with E-state index >= 15 is 0 Å². The molecule has 2 nitrogen and oxygen atoms in total. The molecule has 1 heterocycles. The van der Waals surface area contributed by atoms with Crippen LogP contribution < -0.4 is 10.1 Å². The molecule has 1 aliphatic carbocycles. The van der Waals surface area contributed by atoms with Gasteiger partial charge in [0, 0.05) is 29.0 Å². The van der Waals surface area contributed by atoms with Gasteiger partial charge >= 0.3 is 0 Å². The second-order valence-electron chi connectivity index (χ2n) is 5.56. The van der Waals surface area contributed by atoms with Crippen molar-refractivity contribution in [3.8, 4) is 5.75 Å². The summed E-state index contributed by atoms with van der Waals surface area (Å²) in [6.07, 6.45) is 3.81. The Kier molecular flexibility index (Phi) is 2.91. The molecule has 0 bridgehead atoms. The van der Waals surface area contributed by atoms with E-state index in [0.717, 1.165) is 29.8 Å². The third kappa shape index (κ3) is 2.50. The van der Waals surface area contributed by atoms with Gasteiger partial charge in [0.1, 0.15) is 5.75 Å². The minimum atomic E-state index is 0.452. The zero-order valence-corrected chi connectivity index (χ0v) is 11.7. The number of benzene rings is 1. The zero-order valence-electron chi connectivity index (χ0n) is 10.1. The van der Waals surface area contributed by atoms with Crippen LogP contribution in [0.15, 0.2) is 22.7 Å². The van der Waals surface area contributed by atoms with E-state index in [9.17, 15) is 0 Å². The molecule has 1 unspecified atom stereocenters. The smallest absolute Gasteiger partial charge is 0.124 e. The van der Waals surface area contributed by atoms with Gasteiger partial charge in [-0.05, 0) is 36.5 Å². The summed E-state index contributed by atoms with van der Waals surface area (Å²) in [5.41, 5.74) is 1.86. The number of hydrogen-bond acceptors (Lipinski definition) is 2. The van der Waals surface area contributed by atoms with Crippen molar-refractivity contribution in [3.05, 3.63) is 28.2 Å². The number of nitrogens with one attached hydrogen (secondary N) is 1. The first-order valence-corrected chi connectivity index (χ1v) is 7.11. The molecule has 3 heteroatoms. The summed E-state index contributed by atoms with van der Waals surface area (Å²) in [5.74, 6) is 1.04. The van der Waals surface area contributed by atoms with Gasteiger partial charge in [0.25, 0.3) is 0 Å². The standard InChI is InChI=1S/C14H18BrNO/c1-14(5-6-14)9-16-12-4-7-17-13-3-2-10(15)8-11(12)13/h2-3,8,12,16H,4-7,9H2,1H3. The maximum atomic E-state index is 5.70. The van der Waals surface area contributed by atoms with E-state index in [1.165, 1.54) is 18.4 Å². The van der Waals surface area contributed by atoms with E-state index < -0.39 is 0 Å². The lowest BCUT2D eigenvalue weighted by atomic mass is 9.99. The predicted molar refractivity (Wildman–Crippen MR) is 72.3 cm³/mol. The Hall–Kier alpha value is -0.540. The van der Waals surface area contributed by atoms with Crippen molar-refractivity contribution < 1.29 is 4.74 Å². The SMILES string of the molecule is CC1(CNC2CCOc3ccc(Br)cc32)CC1. The lowest BCUT2D eigenvalue weighted by Crippen LogP contribution is -2.31. The summed E-state index contributed by atoms with van der Waals surface area (Å²) < 4.78 is 6.83. The number of fused-ring (bicyclic) bond motifs is 1. The minimum absolute atomic E-state index is 0.452. The molecule has 0 aromatic heterocycles. The van der Waals surface area contributed by atoms with E-state index in [0.29, 0.717) is 11.5 Å². The number of halogens is 1. The Balaban J connectivity index is 1.76. The van der Waals surface area contributed by atoms with Crippen molar-refractivity contribution >= 4 is 15.9 Å². The average molecular weight is 296 g/mol. The molecular weight excluding hydrogens is 278 g/mol. The molecule has 1 saturated carbocycles. The topological polar surface area (TPSA) is 21.3 Å². The lowest BCUT2D eigenvalue weighted by Gasteiger charge is -2.28. The molecule has 1 aromatic carbocycles. The van der Waals surface area contributed by atoms with Crippen molar-refractivity contribution in [1.29, 1.82) is 0 Å². The van der Waals surface area contributed by atoms with Crippen LogP contribution in [0, 0.1) is 5.41 Å². The fraction of sp³-hybridized carbons (Fsp3) is 0.571. The van der Waals surface area contributed by atoms with Crippen LogP contribution in [0.1, 0.15) is 37.8 Å². The third-order valence-corrected chi connectivity index (χ3v) is 4.38. The first kappa shape index (κ1) is 11.5. The van der Waals surface area contributed by atoms with Gasteiger partial charge in [-0.3, -0.25) is 0 Å². The fourth-order valence-corrected chi connectivity index (χ4v) is 2.72. The molecule has 0 saturated heterocycles. The summed E-state index contributed by atoms with van der Waals surface area (Å²) in [4.78, 5) is 0. The molecule has 0 radical (unpaired) electrons. The third-order valence-electron chi connectivity index (χ3n) is 3.89. The second kappa shape index (κ2) is 4.29. The maximum absolute atomic E-state index is 5.70. The van der Waals surface area contributed by atoms with E-state index in [1.807, 2.05) is 6.07 Å². The molecule has 0 spiro atoms. The molecule has 1 N–H and O–H groups in total. The summed E-state index contributed by atoms with van der Waals surface area (Å²) >= 11 is 3.54. The van der Waals surface area contributed by atoms with Crippen LogP contribution in [0.4, 0.5) is 0 Å². The highest BCUT2D eigenvalue weighted by Crippen LogP contribution is 2.45. The van der Waals surface area contributed by atoms with Crippen molar-refractivity contribution in [2.75, 3.05) is 13.2 Å². The van der Waals surface area contributed by atoms with Crippen molar-refractivity contribution in [2.24, 2.45) is 5.41 Å². The van der Waals surface area contributed by atoms with Crippen molar-refractivity contribution in [3.63, 3.8) is 0 Å². The summed E-state index contributed by atoms with van der Waals surface area (Å²) in [6.45, 7) is 4.31. The van der Waals surface area contributed by atoms with E-state index in [-0.39, 0.29) is 0 Å². The van der Waals surface area contributed by atoms with E-state index in [4.69, 9.17) is 4.74 Å². The molecule has 92 valence electrons. The molecule has 1 aliphatic heterocycles. The quantitative estimate of drug-likeness (QED) is 0.919. The normalized spacial score (nSPS) is 24.9. The molecule has 1 atom stereocenters. The predicted octanol–water partition coefficient (Wildman–Crippen LogP) is 3.66.